The van der Waals surface area contributed by atoms with Crippen LogP contribution in [0.25, 0.3) is 0 Å². The quantitative estimate of drug-likeness (QED) is 0.747. The maximum Gasteiger partial charge on any atom is 0.258 e. The van der Waals surface area contributed by atoms with Crippen LogP contribution in [0.3, 0.4) is 0 Å². The fourth-order valence-electron chi connectivity index (χ4n) is 2.08. The number of carbonyl (C=O) groups excluding carboxylic acids is 1. The Labute approximate surface area is 118 Å². The molecule has 1 amide bonds. The Hall–Kier alpha value is -2.33. The van der Waals surface area contributed by atoms with Crippen LogP contribution in [0.2, 0.25) is 0 Å². The Morgan fingerprint density at radius 1 is 1.20 bits per heavy atom. The number of nitrogens with two attached hydrogens (primary N) is 1. The van der Waals surface area contributed by atoms with Crippen molar-refractivity contribution in [2.75, 3.05) is 17.7 Å². The van der Waals surface area contributed by atoms with Crippen molar-refractivity contribution in [1.82, 2.24) is 0 Å². The van der Waals surface area contributed by atoms with E-state index in [1.165, 1.54) is 0 Å². The van der Waals surface area contributed by atoms with Crippen LogP contribution in [0.15, 0.2) is 42.5 Å². The number of aliphatic hydroxyl groups is 1. The van der Waals surface area contributed by atoms with Crippen LogP contribution < -0.4 is 11.1 Å². The molecule has 0 bridgehead atoms. The molecule has 0 saturated carbocycles. The number of amides is 1. The highest BCUT2D eigenvalue weighted by Crippen LogP contribution is 2.18. The highest BCUT2D eigenvalue weighted by atomic mass is 16.2. The van der Waals surface area contributed by atoms with E-state index in [0.29, 0.717) is 23.4 Å². The molecule has 0 spiro atoms. The summed E-state index contributed by atoms with van der Waals surface area (Å²) in [5.41, 5.74) is 9.41. The van der Waals surface area contributed by atoms with E-state index in [2.05, 4.69) is 5.32 Å². The molecular formula is C16H18N2O2. The van der Waals surface area contributed by atoms with Crippen LogP contribution in [-0.2, 0) is 6.42 Å². The number of aryl methyl sites for hydroxylation is 1. The van der Waals surface area contributed by atoms with Crippen LogP contribution in [0.1, 0.15) is 21.5 Å². The average molecular weight is 270 g/mol. The lowest BCUT2D eigenvalue weighted by Crippen LogP contribution is -2.15. The first-order valence-electron chi connectivity index (χ1n) is 6.48. The van der Waals surface area contributed by atoms with Crippen molar-refractivity contribution in [2.45, 2.75) is 13.3 Å². The monoisotopic (exact) mass is 270 g/mol. The van der Waals surface area contributed by atoms with Gasteiger partial charge in [0, 0.05) is 18.0 Å². The number of hydrogen-bond acceptors (Lipinski definition) is 3. The smallest absolute Gasteiger partial charge is 0.258 e. The molecule has 0 saturated heterocycles. The van der Waals surface area contributed by atoms with Crippen molar-refractivity contribution in [3.05, 3.63) is 59.2 Å². The number of nitrogens with one attached hydrogen (secondary N) is 1. The third-order valence-electron chi connectivity index (χ3n) is 3.14. The lowest BCUT2D eigenvalue weighted by atomic mass is 10.1. The third kappa shape index (κ3) is 3.16. The van der Waals surface area contributed by atoms with Crippen LogP contribution in [0.4, 0.5) is 11.4 Å². The average Bonchev–Trinajstić information content (AvgIpc) is 2.41. The zero-order valence-corrected chi connectivity index (χ0v) is 11.4. The first kappa shape index (κ1) is 14.1. The van der Waals surface area contributed by atoms with Crippen LogP contribution in [-0.4, -0.2) is 17.6 Å². The van der Waals surface area contributed by atoms with Gasteiger partial charge in [0.2, 0.25) is 0 Å². The van der Waals surface area contributed by atoms with Gasteiger partial charge < -0.3 is 16.2 Å². The number of benzene rings is 2. The molecule has 4 nitrogen and oxygen atoms in total. The van der Waals surface area contributed by atoms with Crippen molar-refractivity contribution < 1.29 is 9.90 Å². The van der Waals surface area contributed by atoms with E-state index in [0.717, 1.165) is 11.1 Å². The summed E-state index contributed by atoms with van der Waals surface area (Å²) >= 11 is 0. The topological polar surface area (TPSA) is 75.4 Å². The predicted molar refractivity (Wildman–Crippen MR) is 80.8 cm³/mol. The zero-order chi connectivity index (χ0) is 14.5. The second kappa shape index (κ2) is 6.21. The predicted octanol–water partition coefficient (Wildman–Crippen LogP) is 2.36. The Morgan fingerprint density at radius 3 is 2.50 bits per heavy atom. The van der Waals surface area contributed by atoms with Gasteiger partial charge in [-0.25, -0.2) is 0 Å². The van der Waals surface area contributed by atoms with Crippen molar-refractivity contribution in [3.8, 4) is 0 Å². The number of carbonyl (C=O) groups is 1. The van der Waals surface area contributed by atoms with E-state index in [1.807, 2.05) is 43.3 Å². The first-order valence-corrected chi connectivity index (χ1v) is 6.48. The van der Waals surface area contributed by atoms with Gasteiger partial charge in [0.15, 0.2) is 0 Å². The van der Waals surface area contributed by atoms with E-state index >= 15 is 0 Å². The van der Waals surface area contributed by atoms with Gasteiger partial charge in [-0.1, -0.05) is 24.3 Å². The van der Waals surface area contributed by atoms with Crippen molar-refractivity contribution >= 4 is 17.3 Å². The molecule has 2 aromatic carbocycles. The minimum Gasteiger partial charge on any atom is -0.398 e. The van der Waals surface area contributed by atoms with Gasteiger partial charge in [0.1, 0.15) is 0 Å². The minimum absolute atomic E-state index is 0.117. The summed E-state index contributed by atoms with van der Waals surface area (Å²) in [6, 6.07) is 12.8. The molecule has 0 unspecified atom stereocenters. The molecule has 2 rings (SSSR count). The third-order valence-corrected chi connectivity index (χ3v) is 3.14. The summed E-state index contributed by atoms with van der Waals surface area (Å²) < 4.78 is 0. The zero-order valence-electron chi connectivity index (χ0n) is 11.4. The molecule has 2 aromatic rings. The van der Waals surface area contributed by atoms with Crippen molar-refractivity contribution in [2.24, 2.45) is 0 Å². The van der Waals surface area contributed by atoms with Gasteiger partial charge in [0.05, 0.1) is 5.56 Å². The van der Waals surface area contributed by atoms with Gasteiger partial charge in [0.25, 0.3) is 5.91 Å². The van der Waals surface area contributed by atoms with Gasteiger partial charge >= 0.3 is 0 Å². The van der Waals surface area contributed by atoms with Crippen LogP contribution in [0.5, 0.6) is 0 Å². The molecule has 4 heteroatoms. The molecule has 20 heavy (non-hydrogen) atoms. The number of aliphatic hydroxyl groups excluding tert-OH is 1. The summed E-state index contributed by atoms with van der Waals surface area (Å²) in [4.78, 5) is 12.2. The Kier molecular flexibility index (Phi) is 4.38. The lowest BCUT2D eigenvalue weighted by Gasteiger charge is -2.10. The van der Waals surface area contributed by atoms with E-state index in [1.54, 1.807) is 6.07 Å². The van der Waals surface area contributed by atoms with E-state index in [4.69, 9.17) is 10.8 Å². The van der Waals surface area contributed by atoms with Crippen LogP contribution in [0, 0.1) is 6.92 Å². The van der Waals surface area contributed by atoms with Gasteiger partial charge in [-0.2, -0.15) is 0 Å². The number of nitrogen functional groups attached to an aromatic ring is 1. The Morgan fingerprint density at radius 2 is 1.90 bits per heavy atom. The molecule has 0 heterocycles. The molecule has 0 atom stereocenters. The number of hydrogen-bond donors (Lipinski definition) is 3. The highest BCUT2D eigenvalue weighted by Gasteiger charge is 2.12. The maximum absolute atomic E-state index is 12.2. The van der Waals surface area contributed by atoms with Crippen LogP contribution >= 0.6 is 0 Å². The van der Waals surface area contributed by atoms with E-state index < -0.39 is 0 Å². The molecule has 0 aliphatic rings. The molecule has 0 aliphatic carbocycles. The maximum atomic E-state index is 12.2. The molecule has 0 aromatic heterocycles. The standard InChI is InChI=1S/C16H18N2O2/c1-11-3-2-4-14(17)15(11)16(20)18-13-7-5-12(6-8-13)9-10-19/h2-8,19H,9-10,17H2,1H3,(H,18,20). The summed E-state index contributed by atoms with van der Waals surface area (Å²) in [6.45, 7) is 1.97. The lowest BCUT2D eigenvalue weighted by molar-refractivity contribution is 0.102. The summed E-state index contributed by atoms with van der Waals surface area (Å²) in [5, 5.41) is 11.7. The first-order chi connectivity index (χ1) is 9.61. The number of anilines is 2. The normalized spacial score (nSPS) is 10.3. The molecule has 0 aliphatic heterocycles. The van der Waals surface area contributed by atoms with Gasteiger partial charge in [-0.15, -0.1) is 0 Å². The second-order valence-corrected chi connectivity index (χ2v) is 4.66. The summed E-state index contributed by atoms with van der Waals surface area (Å²) in [6.07, 6.45) is 0.610. The fourth-order valence-corrected chi connectivity index (χ4v) is 2.08. The molecule has 0 fully saturated rings. The molecule has 104 valence electrons. The number of rotatable bonds is 4. The largest absolute Gasteiger partial charge is 0.398 e. The Balaban J connectivity index is 2.15. The van der Waals surface area contributed by atoms with Crippen molar-refractivity contribution in [1.29, 1.82) is 0 Å². The minimum atomic E-state index is -0.212. The molecular weight excluding hydrogens is 252 g/mol. The van der Waals surface area contributed by atoms with Crippen molar-refractivity contribution in [3.63, 3.8) is 0 Å². The van der Waals surface area contributed by atoms with E-state index in [9.17, 15) is 4.79 Å². The Bertz CT molecular complexity index is 586. The van der Waals surface area contributed by atoms with Gasteiger partial charge in [-0.3, -0.25) is 4.79 Å². The SMILES string of the molecule is Cc1cccc(N)c1C(=O)Nc1ccc(CCO)cc1. The highest BCUT2D eigenvalue weighted by molar-refractivity contribution is 6.08. The molecule has 0 radical (unpaired) electrons. The van der Waals surface area contributed by atoms with E-state index in [-0.39, 0.29) is 12.5 Å². The second-order valence-electron chi connectivity index (χ2n) is 4.66. The fraction of sp³-hybridized carbons (Fsp3) is 0.188. The summed E-state index contributed by atoms with van der Waals surface area (Å²) in [7, 11) is 0. The van der Waals surface area contributed by atoms with Gasteiger partial charge in [-0.05, 0) is 42.7 Å². The molecule has 4 N–H and O–H groups in total. The summed E-state index contributed by atoms with van der Waals surface area (Å²) in [5.74, 6) is -0.212.